The van der Waals surface area contributed by atoms with Crippen LogP contribution in [0.3, 0.4) is 0 Å². The van der Waals surface area contributed by atoms with E-state index in [1.807, 2.05) is 6.92 Å². The zero-order valence-electron chi connectivity index (χ0n) is 15.8. The number of benzene rings is 2. The van der Waals surface area contributed by atoms with Crippen molar-refractivity contribution in [1.29, 1.82) is 0 Å². The molecule has 0 aliphatic heterocycles. The van der Waals surface area contributed by atoms with Crippen LogP contribution in [0, 0.1) is 24.7 Å². The third-order valence-corrected chi connectivity index (χ3v) is 7.31. The van der Waals surface area contributed by atoms with Gasteiger partial charge in [-0.25, -0.2) is 9.67 Å². The minimum atomic E-state index is 0.229. The molecule has 2 unspecified atom stereocenters. The van der Waals surface area contributed by atoms with E-state index in [1.54, 1.807) is 0 Å². The van der Waals surface area contributed by atoms with E-state index < -0.39 is 0 Å². The SMILES string of the molecule is Cc1nc(-c2cccc(-c3ccccc3)c2)n(C23CC4CC(CC2C4)C3)n1. The number of hydrogen-bond donors (Lipinski definition) is 0. The molecule has 0 saturated heterocycles. The molecule has 0 amide bonds. The van der Waals surface area contributed by atoms with Crippen LogP contribution in [0.1, 0.15) is 37.9 Å². The fraction of sp³-hybridized carbons (Fsp3) is 0.417. The first-order valence-corrected chi connectivity index (χ1v) is 10.3. The molecule has 136 valence electrons. The van der Waals surface area contributed by atoms with Crippen LogP contribution < -0.4 is 0 Å². The molecule has 3 aromatic rings. The highest BCUT2D eigenvalue weighted by Crippen LogP contribution is 2.64. The summed E-state index contributed by atoms with van der Waals surface area (Å²) in [6.45, 7) is 2.04. The van der Waals surface area contributed by atoms with E-state index >= 15 is 0 Å². The van der Waals surface area contributed by atoms with Crippen molar-refractivity contribution in [2.45, 2.75) is 44.6 Å². The third-order valence-electron chi connectivity index (χ3n) is 7.31. The van der Waals surface area contributed by atoms with Crippen molar-refractivity contribution in [2.75, 3.05) is 0 Å². The molecule has 4 fully saturated rings. The van der Waals surface area contributed by atoms with Gasteiger partial charge in [0, 0.05) is 5.56 Å². The van der Waals surface area contributed by atoms with Gasteiger partial charge in [0.2, 0.25) is 0 Å². The summed E-state index contributed by atoms with van der Waals surface area (Å²) in [7, 11) is 0. The van der Waals surface area contributed by atoms with E-state index in [2.05, 4.69) is 59.3 Å². The zero-order valence-corrected chi connectivity index (χ0v) is 15.8. The summed E-state index contributed by atoms with van der Waals surface area (Å²) in [5.74, 6) is 4.60. The highest BCUT2D eigenvalue weighted by Gasteiger charge is 2.60. The van der Waals surface area contributed by atoms with Gasteiger partial charge in [-0.15, -0.1) is 0 Å². The lowest BCUT2D eigenvalue weighted by molar-refractivity contribution is 0.186. The van der Waals surface area contributed by atoms with Crippen molar-refractivity contribution in [3.63, 3.8) is 0 Å². The van der Waals surface area contributed by atoms with Gasteiger partial charge in [-0.05, 0) is 74.0 Å². The molecule has 2 atom stereocenters. The van der Waals surface area contributed by atoms with E-state index in [-0.39, 0.29) is 5.54 Å². The molecule has 1 heterocycles. The number of nitrogens with zero attached hydrogens (tertiary/aromatic N) is 3. The van der Waals surface area contributed by atoms with Gasteiger partial charge in [0.25, 0.3) is 0 Å². The van der Waals surface area contributed by atoms with E-state index in [0.29, 0.717) is 0 Å². The lowest BCUT2D eigenvalue weighted by atomic mass is 9.80. The molecule has 27 heavy (non-hydrogen) atoms. The second-order valence-corrected chi connectivity index (χ2v) is 8.99. The Morgan fingerprint density at radius 2 is 1.56 bits per heavy atom. The van der Waals surface area contributed by atoms with Crippen LogP contribution >= 0.6 is 0 Å². The van der Waals surface area contributed by atoms with E-state index in [1.165, 1.54) is 48.8 Å². The monoisotopic (exact) mass is 355 g/mol. The Kier molecular flexibility index (Phi) is 3.21. The van der Waals surface area contributed by atoms with Crippen molar-refractivity contribution in [3.8, 4) is 22.5 Å². The quantitative estimate of drug-likeness (QED) is 0.625. The molecule has 7 rings (SSSR count). The molecule has 4 bridgehead atoms. The molecule has 4 aliphatic rings. The molecule has 3 heteroatoms. The summed E-state index contributed by atoms with van der Waals surface area (Å²) in [5.41, 5.74) is 3.92. The fourth-order valence-electron chi connectivity index (χ4n) is 6.48. The van der Waals surface area contributed by atoms with Crippen molar-refractivity contribution in [1.82, 2.24) is 14.8 Å². The van der Waals surface area contributed by atoms with Gasteiger partial charge in [0.05, 0.1) is 5.54 Å². The number of aryl methyl sites for hydroxylation is 1. The average Bonchev–Trinajstić information content (AvgIpc) is 3.29. The summed E-state index contributed by atoms with van der Waals surface area (Å²) in [4.78, 5) is 4.91. The fourth-order valence-corrected chi connectivity index (χ4v) is 6.48. The first-order chi connectivity index (χ1) is 13.2. The zero-order chi connectivity index (χ0) is 18.0. The highest BCUT2D eigenvalue weighted by molar-refractivity contribution is 5.70. The predicted molar refractivity (Wildman–Crippen MR) is 107 cm³/mol. The first-order valence-electron chi connectivity index (χ1n) is 10.3. The number of aromatic nitrogens is 3. The van der Waals surface area contributed by atoms with Crippen LogP contribution in [0.2, 0.25) is 0 Å². The Hall–Kier alpha value is -2.42. The van der Waals surface area contributed by atoms with Gasteiger partial charge in [0.1, 0.15) is 5.82 Å². The lowest BCUT2D eigenvalue weighted by Crippen LogP contribution is -2.36. The van der Waals surface area contributed by atoms with Crippen LogP contribution in [0.5, 0.6) is 0 Å². The topological polar surface area (TPSA) is 30.7 Å². The lowest BCUT2D eigenvalue weighted by Gasteiger charge is -2.34. The largest absolute Gasteiger partial charge is 0.239 e. The summed E-state index contributed by atoms with van der Waals surface area (Å²) in [6, 6.07) is 19.4. The predicted octanol–water partition coefficient (Wildman–Crippen LogP) is 5.46. The van der Waals surface area contributed by atoms with E-state index in [0.717, 1.165) is 29.4 Å². The molecule has 0 spiro atoms. The summed E-state index contributed by atoms with van der Waals surface area (Å²) < 4.78 is 2.36. The van der Waals surface area contributed by atoms with Crippen LogP contribution in [0.25, 0.3) is 22.5 Å². The van der Waals surface area contributed by atoms with Crippen LogP contribution in [0.15, 0.2) is 54.6 Å². The molecule has 1 aromatic heterocycles. The molecule has 3 nitrogen and oxygen atoms in total. The van der Waals surface area contributed by atoms with Crippen molar-refractivity contribution >= 4 is 0 Å². The van der Waals surface area contributed by atoms with E-state index in [9.17, 15) is 0 Å². The van der Waals surface area contributed by atoms with Crippen LogP contribution in [-0.2, 0) is 5.54 Å². The Morgan fingerprint density at radius 1 is 0.852 bits per heavy atom. The molecule has 0 N–H and O–H groups in total. The summed E-state index contributed by atoms with van der Waals surface area (Å²) in [5, 5.41) is 4.97. The molecule has 2 aromatic carbocycles. The van der Waals surface area contributed by atoms with Crippen molar-refractivity contribution < 1.29 is 0 Å². The Labute approximate surface area is 160 Å². The Morgan fingerprint density at radius 3 is 2.33 bits per heavy atom. The van der Waals surface area contributed by atoms with Gasteiger partial charge in [-0.3, -0.25) is 0 Å². The van der Waals surface area contributed by atoms with E-state index in [4.69, 9.17) is 10.1 Å². The van der Waals surface area contributed by atoms with Gasteiger partial charge in [-0.2, -0.15) is 5.10 Å². The molecule has 4 aliphatic carbocycles. The third kappa shape index (κ3) is 2.27. The first kappa shape index (κ1) is 15.6. The molecular formula is C24H25N3. The Balaban J connectivity index is 1.47. The summed E-state index contributed by atoms with van der Waals surface area (Å²) >= 11 is 0. The van der Waals surface area contributed by atoms with Crippen LogP contribution in [0.4, 0.5) is 0 Å². The maximum atomic E-state index is 4.97. The standard InChI is InChI=1S/C24H25N3/c1-16-25-23(21-9-5-8-20(13-21)19-6-3-2-4-7-19)27(26-16)24-14-17-10-18(15-24)12-22(24)11-17/h2-9,13,17-18,22H,10-12,14-15H2,1H3. The normalized spacial score (nSPS) is 30.9. The van der Waals surface area contributed by atoms with Crippen molar-refractivity contribution in [2.24, 2.45) is 17.8 Å². The maximum Gasteiger partial charge on any atom is 0.158 e. The van der Waals surface area contributed by atoms with Crippen LogP contribution in [-0.4, -0.2) is 14.8 Å². The van der Waals surface area contributed by atoms with Gasteiger partial charge in [-0.1, -0.05) is 48.5 Å². The number of rotatable bonds is 3. The minimum absolute atomic E-state index is 0.229. The minimum Gasteiger partial charge on any atom is -0.239 e. The second kappa shape index (κ2) is 5.54. The van der Waals surface area contributed by atoms with Gasteiger partial charge >= 0.3 is 0 Å². The summed E-state index contributed by atoms with van der Waals surface area (Å²) in [6.07, 6.45) is 6.87. The average molecular weight is 355 g/mol. The number of hydrogen-bond acceptors (Lipinski definition) is 2. The smallest absolute Gasteiger partial charge is 0.158 e. The molecule has 0 radical (unpaired) electrons. The molecular weight excluding hydrogens is 330 g/mol. The van der Waals surface area contributed by atoms with Crippen molar-refractivity contribution in [3.05, 3.63) is 60.4 Å². The second-order valence-electron chi connectivity index (χ2n) is 8.99. The highest BCUT2D eigenvalue weighted by atomic mass is 15.4. The molecule has 4 saturated carbocycles. The van der Waals surface area contributed by atoms with Gasteiger partial charge in [0.15, 0.2) is 5.82 Å². The Bertz CT molecular complexity index is 989. The maximum absolute atomic E-state index is 4.97. The van der Waals surface area contributed by atoms with Gasteiger partial charge < -0.3 is 0 Å².